The van der Waals surface area contributed by atoms with Crippen molar-refractivity contribution >= 4 is 17.8 Å². The molecular formula is C10H14N4O2. The Kier molecular flexibility index (Phi) is 2.17. The molecule has 0 radical (unpaired) electrons. The lowest BCUT2D eigenvalue weighted by atomic mass is 10.3. The van der Waals surface area contributed by atoms with Crippen LogP contribution >= 0.6 is 0 Å². The van der Waals surface area contributed by atoms with Crippen molar-refractivity contribution in [2.75, 3.05) is 13.1 Å². The standard InChI is InChI=1S/C10H14N4O2/c15-8-9(16)13-10(12-8)11-6-3-4-14(5-6)7-1-2-7/h6-7H,1-5H2,(H2,11,12,13,15,16). The molecule has 0 spiro atoms. The van der Waals surface area contributed by atoms with E-state index >= 15 is 0 Å². The summed E-state index contributed by atoms with van der Waals surface area (Å²) in [6, 6.07) is 0.965. The van der Waals surface area contributed by atoms with Crippen LogP contribution in [0, 0.1) is 0 Å². The van der Waals surface area contributed by atoms with E-state index in [9.17, 15) is 9.59 Å². The van der Waals surface area contributed by atoms with Crippen LogP contribution in [0.25, 0.3) is 0 Å². The molecule has 2 heterocycles. The molecule has 0 aromatic heterocycles. The maximum atomic E-state index is 10.9. The lowest BCUT2D eigenvalue weighted by Crippen LogP contribution is -2.29. The molecule has 0 aromatic carbocycles. The third-order valence-electron chi connectivity index (χ3n) is 3.24. The zero-order valence-electron chi connectivity index (χ0n) is 8.90. The zero-order chi connectivity index (χ0) is 11.1. The van der Waals surface area contributed by atoms with Gasteiger partial charge in [0.15, 0.2) is 0 Å². The van der Waals surface area contributed by atoms with Crippen molar-refractivity contribution in [3.8, 4) is 0 Å². The van der Waals surface area contributed by atoms with Crippen molar-refractivity contribution in [3.63, 3.8) is 0 Å². The molecular weight excluding hydrogens is 208 g/mol. The first-order valence-electron chi connectivity index (χ1n) is 5.66. The number of amides is 2. The molecule has 0 bridgehead atoms. The number of hydrogen-bond donors (Lipinski definition) is 2. The third-order valence-corrected chi connectivity index (χ3v) is 3.24. The van der Waals surface area contributed by atoms with Gasteiger partial charge in [0.1, 0.15) is 0 Å². The Morgan fingerprint density at radius 3 is 2.44 bits per heavy atom. The Hall–Kier alpha value is -1.43. The van der Waals surface area contributed by atoms with E-state index in [1.165, 1.54) is 12.8 Å². The SMILES string of the molecule is O=C1NC(=NC2CCN(C3CC3)C2)NC1=O. The van der Waals surface area contributed by atoms with E-state index in [-0.39, 0.29) is 6.04 Å². The topological polar surface area (TPSA) is 73.8 Å². The lowest BCUT2D eigenvalue weighted by molar-refractivity contribution is -0.135. The molecule has 6 heteroatoms. The van der Waals surface area contributed by atoms with E-state index < -0.39 is 11.8 Å². The van der Waals surface area contributed by atoms with Gasteiger partial charge >= 0.3 is 11.8 Å². The molecule has 2 N–H and O–H groups in total. The van der Waals surface area contributed by atoms with Crippen LogP contribution in [-0.4, -0.2) is 47.8 Å². The van der Waals surface area contributed by atoms with E-state index in [2.05, 4.69) is 20.5 Å². The van der Waals surface area contributed by atoms with E-state index in [1.807, 2.05) is 0 Å². The minimum Gasteiger partial charge on any atom is -0.298 e. The van der Waals surface area contributed by atoms with Crippen LogP contribution in [0.5, 0.6) is 0 Å². The fourth-order valence-electron chi connectivity index (χ4n) is 2.25. The predicted molar refractivity (Wildman–Crippen MR) is 56.7 cm³/mol. The molecule has 86 valence electrons. The molecule has 1 atom stereocenters. The molecule has 2 aliphatic heterocycles. The zero-order valence-corrected chi connectivity index (χ0v) is 8.90. The van der Waals surface area contributed by atoms with E-state index in [0.29, 0.717) is 5.96 Å². The van der Waals surface area contributed by atoms with Gasteiger partial charge in [-0.05, 0) is 19.3 Å². The highest BCUT2D eigenvalue weighted by molar-refractivity contribution is 6.45. The number of carbonyl (C=O) groups excluding carboxylic acids is 2. The third kappa shape index (κ3) is 1.80. The molecule has 3 aliphatic rings. The van der Waals surface area contributed by atoms with Crippen LogP contribution in [0.4, 0.5) is 0 Å². The van der Waals surface area contributed by atoms with Gasteiger partial charge in [-0.1, -0.05) is 0 Å². The molecule has 2 amide bonds. The summed E-state index contributed by atoms with van der Waals surface area (Å²) in [6.45, 7) is 2.02. The summed E-state index contributed by atoms with van der Waals surface area (Å²) in [5.41, 5.74) is 0. The number of nitrogens with one attached hydrogen (secondary N) is 2. The molecule has 1 saturated carbocycles. The molecule has 3 rings (SSSR count). The Balaban J connectivity index is 1.60. The number of guanidine groups is 1. The van der Waals surface area contributed by atoms with Gasteiger partial charge < -0.3 is 0 Å². The quantitative estimate of drug-likeness (QED) is 0.578. The van der Waals surface area contributed by atoms with Crippen molar-refractivity contribution in [3.05, 3.63) is 0 Å². The summed E-state index contributed by atoms with van der Waals surface area (Å²) >= 11 is 0. The van der Waals surface area contributed by atoms with E-state index in [1.54, 1.807) is 0 Å². The highest BCUT2D eigenvalue weighted by Crippen LogP contribution is 2.30. The molecule has 1 aliphatic carbocycles. The molecule has 6 nitrogen and oxygen atoms in total. The van der Waals surface area contributed by atoms with Gasteiger partial charge in [-0.3, -0.25) is 25.1 Å². The second-order valence-corrected chi connectivity index (χ2v) is 4.55. The number of hydrogen-bond acceptors (Lipinski definition) is 4. The highest BCUT2D eigenvalue weighted by Gasteiger charge is 2.35. The Bertz CT molecular complexity index is 357. The maximum absolute atomic E-state index is 10.9. The lowest BCUT2D eigenvalue weighted by Gasteiger charge is -2.12. The molecule has 3 fully saturated rings. The number of likely N-dealkylation sites (tertiary alicyclic amines) is 1. The number of carbonyl (C=O) groups is 2. The van der Waals surface area contributed by atoms with Crippen LogP contribution in [0.2, 0.25) is 0 Å². The first-order chi connectivity index (χ1) is 7.72. The van der Waals surface area contributed by atoms with E-state index in [4.69, 9.17) is 0 Å². The fraction of sp³-hybridized carbons (Fsp3) is 0.700. The second-order valence-electron chi connectivity index (χ2n) is 4.55. The first kappa shape index (κ1) is 9.77. The Labute approximate surface area is 93.1 Å². The molecule has 2 saturated heterocycles. The van der Waals surface area contributed by atoms with Crippen LogP contribution in [0.3, 0.4) is 0 Å². The second kappa shape index (κ2) is 3.55. The Morgan fingerprint density at radius 1 is 1.12 bits per heavy atom. The smallest absolute Gasteiger partial charge is 0.298 e. The summed E-state index contributed by atoms with van der Waals surface area (Å²) in [7, 11) is 0. The van der Waals surface area contributed by atoms with Gasteiger partial charge in [0.05, 0.1) is 6.04 Å². The molecule has 16 heavy (non-hydrogen) atoms. The van der Waals surface area contributed by atoms with Crippen molar-refractivity contribution in [2.24, 2.45) is 4.99 Å². The van der Waals surface area contributed by atoms with Gasteiger partial charge in [-0.2, -0.15) is 0 Å². The number of rotatable bonds is 2. The van der Waals surface area contributed by atoms with Gasteiger partial charge in [-0.25, -0.2) is 4.99 Å². The summed E-state index contributed by atoms with van der Waals surface area (Å²) in [4.78, 5) is 28.6. The van der Waals surface area contributed by atoms with Crippen LogP contribution in [0.1, 0.15) is 19.3 Å². The summed E-state index contributed by atoms with van der Waals surface area (Å²) in [6.07, 6.45) is 3.61. The number of nitrogens with zero attached hydrogens (tertiary/aromatic N) is 2. The van der Waals surface area contributed by atoms with Crippen LogP contribution in [-0.2, 0) is 9.59 Å². The van der Waals surface area contributed by atoms with Crippen molar-refractivity contribution in [1.82, 2.24) is 15.5 Å². The van der Waals surface area contributed by atoms with Crippen molar-refractivity contribution in [1.29, 1.82) is 0 Å². The largest absolute Gasteiger partial charge is 0.316 e. The summed E-state index contributed by atoms with van der Waals surface area (Å²) < 4.78 is 0. The normalized spacial score (nSPS) is 30.5. The van der Waals surface area contributed by atoms with Gasteiger partial charge in [0.2, 0.25) is 5.96 Å². The van der Waals surface area contributed by atoms with Crippen LogP contribution in [0.15, 0.2) is 4.99 Å². The average Bonchev–Trinajstić information content (AvgIpc) is 2.92. The van der Waals surface area contributed by atoms with Crippen molar-refractivity contribution < 1.29 is 9.59 Å². The average molecular weight is 222 g/mol. The monoisotopic (exact) mass is 222 g/mol. The van der Waals surface area contributed by atoms with E-state index in [0.717, 1.165) is 25.6 Å². The number of aliphatic imine (C=N–C) groups is 1. The minimum absolute atomic E-state index is 0.203. The molecule has 1 unspecified atom stereocenters. The summed E-state index contributed by atoms with van der Waals surface area (Å²) in [5, 5.41) is 4.84. The maximum Gasteiger partial charge on any atom is 0.316 e. The summed E-state index contributed by atoms with van der Waals surface area (Å²) in [5.74, 6) is -0.913. The predicted octanol–water partition coefficient (Wildman–Crippen LogP) is -1.17. The first-order valence-corrected chi connectivity index (χ1v) is 5.66. The van der Waals surface area contributed by atoms with Gasteiger partial charge in [-0.15, -0.1) is 0 Å². The van der Waals surface area contributed by atoms with Gasteiger partial charge in [0, 0.05) is 19.1 Å². The minimum atomic E-state index is -0.615. The van der Waals surface area contributed by atoms with Gasteiger partial charge in [0.25, 0.3) is 0 Å². The molecule has 0 aromatic rings. The highest BCUT2D eigenvalue weighted by atomic mass is 16.2. The van der Waals surface area contributed by atoms with Crippen LogP contribution < -0.4 is 10.6 Å². The Morgan fingerprint density at radius 2 is 1.81 bits per heavy atom. The van der Waals surface area contributed by atoms with Crippen molar-refractivity contribution in [2.45, 2.75) is 31.3 Å². The fourth-order valence-corrected chi connectivity index (χ4v) is 2.25.